The van der Waals surface area contributed by atoms with Crippen molar-refractivity contribution >= 4 is 28.5 Å². The highest BCUT2D eigenvalue weighted by molar-refractivity contribution is 6.28. The largest absolute Gasteiger partial charge is 0.394 e. The molecule has 0 saturated carbocycles. The van der Waals surface area contributed by atoms with Gasteiger partial charge in [0, 0.05) is 12.2 Å². The maximum absolute atomic E-state index is 15.2. The fraction of sp³-hybridized carbons (Fsp3) is 0.455. The summed E-state index contributed by atoms with van der Waals surface area (Å²) in [5.41, 5.74) is 1.28. The molecular weight excluding hydrogens is 439 g/mol. The normalized spacial score (nSPS) is 27.6. The van der Waals surface area contributed by atoms with Crippen LogP contribution in [0.2, 0.25) is 5.28 Å². The van der Waals surface area contributed by atoms with Gasteiger partial charge in [0.05, 0.1) is 12.0 Å². The molecule has 0 radical (unpaired) electrons. The molecule has 5 rings (SSSR count). The van der Waals surface area contributed by atoms with Crippen molar-refractivity contribution in [3.05, 3.63) is 53.2 Å². The van der Waals surface area contributed by atoms with Gasteiger partial charge in [-0.1, -0.05) is 30.3 Å². The van der Waals surface area contributed by atoms with Gasteiger partial charge in [0.1, 0.15) is 24.1 Å². The lowest BCUT2D eigenvalue weighted by molar-refractivity contribution is -0.199. The quantitative estimate of drug-likeness (QED) is 0.557. The average Bonchev–Trinajstić information content (AvgIpc) is 3.36. The second-order valence-corrected chi connectivity index (χ2v) is 8.85. The lowest BCUT2D eigenvalue weighted by atomic mass is 10.1. The zero-order valence-electron chi connectivity index (χ0n) is 17.8. The van der Waals surface area contributed by atoms with Crippen molar-refractivity contribution < 1.29 is 23.7 Å². The molecule has 2 aliphatic rings. The number of nitrogens with one attached hydrogen (secondary N) is 1. The zero-order valence-corrected chi connectivity index (χ0v) is 18.6. The van der Waals surface area contributed by atoms with Gasteiger partial charge in [-0.25, -0.2) is 4.39 Å². The monoisotopic (exact) mass is 462 g/mol. The van der Waals surface area contributed by atoms with Crippen LogP contribution in [0.25, 0.3) is 11.0 Å². The highest BCUT2D eigenvalue weighted by Gasteiger charge is 2.56. The second-order valence-electron chi connectivity index (χ2n) is 8.51. The Labute approximate surface area is 189 Å². The number of hydrogen-bond acceptors (Lipinski definition) is 7. The minimum atomic E-state index is -0.850. The van der Waals surface area contributed by atoms with Crippen LogP contribution < -0.4 is 5.32 Å². The molecule has 32 heavy (non-hydrogen) atoms. The predicted molar refractivity (Wildman–Crippen MR) is 116 cm³/mol. The smallest absolute Gasteiger partial charge is 0.226 e. The molecule has 2 aliphatic heterocycles. The van der Waals surface area contributed by atoms with E-state index in [4.69, 9.17) is 25.8 Å². The number of hydrogen-bond donors (Lipinski definition) is 2. The summed E-state index contributed by atoms with van der Waals surface area (Å²) in [5.74, 6) is -1.09. The minimum Gasteiger partial charge on any atom is -0.394 e. The number of nitrogens with zero attached hydrogens (tertiary/aromatic N) is 3. The summed E-state index contributed by atoms with van der Waals surface area (Å²) < 4.78 is 34.7. The summed E-state index contributed by atoms with van der Waals surface area (Å²) in [7, 11) is 0. The van der Waals surface area contributed by atoms with Gasteiger partial charge in [-0.2, -0.15) is 9.97 Å². The first-order chi connectivity index (χ1) is 15.3. The van der Waals surface area contributed by atoms with Crippen molar-refractivity contribution in [1.82, 2.24) is 14.5 Å². The summed E-state index contributed by atoms with van der Waals surface area (Å²) in [6.07, 6.45) is -1.11. The van der Waals surface area contributed by atoms with E-state index in [1.54, 1.807) is 13.8 Å². The molecule has 1 aromatic carbocycles. The summed E-state index contributed by atoms with van der Waals surface area (Å²) in [6, 6.07) is 9.60. The Hall–Kier alpha value is -2.30. The molecule has 170 valence electrons. The van der Waals surface area contributed by atoms with Crippen molar-refractivity contribution in [3.8, 4) is 0 Å². The van der Waals surface area contributed by atoms with Crippen LogP contribution in [0.1, 0.15) is 38.6 Å². The average molecular weight is 463 g/mol. The van der Waals surface area contributed by atoms with E-state index < -0.39 is 36.1 Å². The number of aliphatic hydroxyl groups is 1. The van der Waals surface area contributed by atoms with E-state index in [0.717, 1.165) is 5.56 Å². The molecular formula is C22H24ClFN4O4. The van der Waals surface area contributed by atoms with Gasteiger partial charge in [-0.3, -0.25) is 0 Å². The Bertz CT molecular complexity index is 1140. The molecule has 3 aromatic rings. The number of aliphatic hydroxyl groups excluding tert-OH is 1. The maximum atomic E-state index is 15.2. The van der Waals surface area contributed by atoms with E-state index in [0.29, 0.717) is 0 Å². The third-order valence-electron chi connectivity index (χ3n) is 5.83. The number of fused-ring (bicyclic) bond motifs is 2. The number of anilines is 1. The van der Waals surface area contributed by atoms with Gasteiger partial charge in [-0.05, 0) is 37.9 Å². The second kappa shape index (κ2) is 7.93. The molecule has 2 saturated heterocycles. The van der Waals surface area contributed by atoms with Gasteiger partial charge in [0.25, 0.3) is 0 Å². The Kier molecular flexibility index (Phi) is 5.34. The van der Waals surface area contributed by atoms with Gasteiger partial charge in [-0.15, -0.1) is 0 Å². The van der Waals surface area contributed by atoms with E-state index in [1.165, 1.54) is 10.8 Å². The Morgan fingerprint density at radius 1 is 1.22 bits per heavy atom. The highest BCUT2D eigenvalue weighted by Crippen LogP contribution is 2.44. The first-order valence-electron chi connectivity index (χ1n) is 10.4. The number of ether oxygens (including phenoxy) is 3. The molecule has 8 nitrogen and oxygen atoms in total. The molecule has 2 fully saturated rings. The van der Waals surface area contributed by atoms with Crippen molar-refractivity contribution in [1.29, 1.82) is 0 Å². The van der Waals surface area contributed by atoms with Crippen LogP contribution >= 0.6 is 11.6 Å². The summed E-state index contributed by atoms with van der Waals surface area (Å²) in [4.78, 5) is 8.52. The van der Waals surface area contributed by atoms with Crippen molar-refractivity contribution in [2.45, 2.75) is 57.1 Å². The van der Waals surface area contributed by atoms with Crippen LogP contribution in [0.4, 0.5) is 10.2 Å². The Morgan fingerprint density at radius 2 is 1.94 bits per heavy atom. The zero-order chi connectivity index (χ0) is 22.6. The van der Waals surface area contributed by atoms with Crippen LogP contribution in [0.15, 0.2) is 36.5 Å². The predicted octanol–water partition coefficient (Wildman–Crippen LogP) is 3.81. The molecule has 0 aliphatic carbocycles. The summed E-state index contributed by atoms with van der Waals surface area (Å²) >= 11 is 6.22. The van der Waals surface area contributed by atoms with Crippen LogP contribution in [0.3, 0.4) is 0 Å². The van der Waals surface area contributed by atoms with E-state index in [1.807, 2.05) is 37.3 Å². The van der Waals surface area contributed by atoms with Crippen LogP contribution in [0.5, 0.6) is 0 Å². The number of aromatic nitrogens is 3. The van der Waals surface area contributed by atoms with Gasteiger partial charge in [0.15, 0.2) is 23.5 Å². The molecule has 2 N–H and O–H groups in total. The Morgan fingerprint density at radius 3 is 2.66 bits per heavy atom. The fourth-order valence-electron chi connectivity index (χ4n) is 4.44. The Balaban J connectivity index is 1.55. The topological polar surface area (TPSA) is 90.7 Å². The van der Waals surface area contributed by atoms with Crippen LogP contribution in [-0.2, 0) is 14.2 Å². The minimum absolute atomic E-state index is 0.0308. The van der Waals surface area contributed by atoms with Gasteiger partial charge >= 0.3 is 0 Å². The van der Waals surface area contributed by atoms with Gasteiger partial charge < -0.3 is 29.2 Å². The third kappa shape index (κ3) is 3.64. The SMILES string of the molecule is C[C@H](Nc1nc(Cl)nc2c1c(F)cn2[C@@H]1O[C@H](CO)[C@H]2OC(C)(C)O[C@H]21)c1ccccc1. The van der Waals surface area contributed by atoms with Crippen LogP contribution in [-0.4, -0.2) is 50.3 Å². The van der Waals surface area contributed by atoms with Crippen LogP contribution in [0, 0.1) is 5.82 Å². The van der Waals surface area contributed by atoms with E-state index in [2.05, 4.69) is 15.3 Å². The molecule has 0 amide bonds. The van der Waals surface area contributed by atoms with Gasteiger partial charge in [0.2, 0.25) is 5.28 Å². The fourth-order valence-corrected chi connectivity index (χ4v) is 4.60. The summed E-state index contributed by atoms with van der Waals surface area (Å²) in [5, 5.41) is 13.2. The number of halogens is 2. The van der Waals surface area contributed by atoms with E-state index in [-0.39, 0.29) is 34.8 Å². The summed E-state index contributed by atoms with van der Waals surface area (Å²) in [6.45, 7) is 5.28. The van der Waals surface area contributed by atoms with Crippen molar-refractivity contribution in [2.75, 3.05) is 11.9 Å². The molecule has 0 spiro atoms. The van der Waals surface area contributed by atoms with Crippen molar-refractivity contribution in [2.24, 2.45) is 0 Å². The highest BCUT2D eigenvalue weighted by atomic mass is 35.5. The molecule has 2 aromatic heterocycles. The van der Waals surface area contributed by atoms with E-state index >= 15 is 4.39 Å². The number of benzene rings is 1. The first kappa shape index (κ1) is 21.5. The lowest BCUT2D eigenvalue weighted by Crippen LogP contribution is -2.31. The molecule has 4 heterocycles. The number of rotatable bonds is 5. The third-order valence-corrected chi connectivity index (χ3v) is 6.00. The lowest BCUT2D eigenvalue weighted by Gasteiger charge is -2.24. The van der Waals surface area contributed by atoms with Crippen molar-refractivity contribution in [3.63, 3.8) is 0 Å². The molecule has 0 unspecified atom stereocenters. The molecule has 5 atom stereocenters. The molecule has 0 bridgehead atoms. The van der Waals surface area contributed by atoms with E-state index in [9.17, 15) is 5.11 Å². The maximum Gasteiger partial charge on any atom is 0.226 e. The first-order valence-corrected chi connectivity index (χ1v) is 10.8. The molecule has 10 heteroatoms. The standard InChI is InChI=1S/C22H24ClFN4O4/c1-11(12-7-5-4-6-8-12)25-18-15-13(24)9-28(19(15)27-21(23)26-18)20-17-16(14(10-29)30-20)31-22(2,3)32-17/h4-9,11,14,16-17,20,29H,10H2,1-3H3,(H,25,26,27)/t11-,14+,16+,17+,20+/m0/s1.